The number of aryl methyl sites for hydroxylation is 1. The van der Waals surface area contributed by atoms with Crippen LogP contribution in [0.25, 0.3) is 0 Å². The SMILES string of the molecule is C#CCCNC(=O)CCC(=O)O[C@](C)(CI)C(=O)[C@H](CC(C)C)NC(=O)[C@H](Cc1ccccc1)NC(=O)C(CC(C)C)NC(=O)[C@H](CCc1ccccc1)NC(=O)CN1CCOCC1. The molecule has 0 aromatic heterocycles. The van der Waals surface area contributed by atoms with Crippen molar-refractivity contribution in [2.45, 2.75) is 116 Å². The highest BCUT2D eigenvalue weighted by atomic mass is 127. The first-order valence-electron chi connectivity index (χ1n) is 22.1. The molecule has 350 valence electrons. The summed E-state index contributed by atoms with van der Waals surface area (Å²) in [4.78, 5) is 97.6. The first-order chi connectivity index (χ1) is 30.5. The van der Waals surface area contributed by atoms with Crippen LogP contribution in [0.5, 0.6) is 0 Å². The van der Waals surface area contributed by atoms with E-state index in [-0.39, 0.29) is 79.7 Å². The first-order valence-corrected chi connectivity index (χ1v) is 23.7. The van der Waals surface area contributed by atoms with Crippen molar-refractivity contribution in [3.8, 4) is 12.3 Å². The maximum absolute atomic E-state index is 14.4. The number of hydrogen-bond acceptors (Lipinski definition) is 10. The summed E-state index contributed by atoms with van der Waals surface area (Å²) in [7, 11) is 0. The van der Waals surface area contributed by atoms with E-state index in [1.807, 2.05) is 116 Å². The van der Waals surface area contributed by atoms with Crippen molar-refractivity contribution in [1.82, 2.24) is 31.5 Å². The smallest absolute Gasteiger partial charge is 0.307 e. The summed E-state index contributed by atoms with van der Waals surface area (Å²) in [5, 5.41) is 14.2. The highest BCUT2D eigenvalue weighted by Gasteiger charge is 2.42. The van der Waals surface area contributed by atoms with Gasteiger partial charge >= 0.3 is 5.97 Å². The number of ketones is 1. The van der Waals surface area contributed by atoms with Crippen molar-refractivity contribution < 1.29 is 43.0 Å². The summed E-state index contributed by atoms with van der Waals surface area (Å²) in [5.41, 5.74) is 0.0682. The molecule has 1 heterocycles. The molecule has 0 saturated carbocycles. The summed E-state index contributed by atoms with van der Waals surface area (Å²) in [6.07, 6.45) is 6.41. The third-order valence-electron chi connectivity index (χ3n) is 10.5. The van der Waals surface area contributed by atoms with Crippen LogP contribution in [0.2, 0.25) is 0 Å². The predicted molar refractivity (Wildman–Crippen MR) is 253 cm³/mol. The Morgan fingerprint density at radius 1 is 0.750 bits per heavy atom. The van der Waals surface area contributed by atoms with Crippen molar-refractivity contribution in [3.63, 3.8) is 0 Å². The lowest BCUT2D eigenvalue weighted by atomic mass is 9.90. The van der Waals surface area contributed by atoms with E-state index < -0.39 is 59.2 Å². The van der Waals surface area contributed by atoms with E-state index in [2.05, 4.69) is 32.5 Å². The van der Waals surface area contributed by atoms with Gasteiger partial charge in [0.05, 0.1) is 32.2 Å². The number of nitrogens with one attached hydrogen (secondary N) is 5. The Bertz CT molecular complexity index is 1870. The van der Waals surface area contributed by atoms with Gasteiger partial charge in [0.25, 0.3) is 0 Å². The molecule has 1 unspecified atom stereocenters. The first kappa shape index (κ1) is 53.5. The minimum Gasteiger partial charge on any atom is -0.450 e. The predicted octanol–water partition coefficient (Wildman–Crippen LogP) is 3.45. The maximum Gasteiger partial charge on any atom is 0.307 e. The molecule has 0 spiro atoms. The van der Waals surface area contributed by atoms with Gasteiger partial charge in [-0.15, -0.1) is 12.3 Å². The van der Waals surface area contributed by atoms with Gasteiger partial charge in [0.1, 0.15) is 18.1 Å². The van der Waals surface area contributed by atoms with Gasteiger partial charge in [-0.25, -0.2) is 0 Å². The van der Waals surface area contributed by atoms with Crippen LogP contribution in [0.1, 0.15) is 84.3 Å². The molecular formula is C48H67IN6O9. The van der Waals surface area contributed by atoms with Gasteiger partial charge in [0.2, 0.25) is 29.5 Å². The van der Waals surface area contributed by atoms with Crippen molar-refractivity contribution in [1.29, 1.82) is 0 Å². The van der Waals surface area contributed by atoms with E-state index in [0.717, 1.165) is 11.1 Å². The fraction of sp³-hybridized carbons (Fsp3) is 0.562. The number of ether oxygens (including phenoxy) is 2. The van der Waals surface area contributed by atoms with Crippen LogP contribution >= 0.6 is 22.6 Å². The van der Waals surface area contributed by atoms with Crippen molar-refractivity contribution in [2.24, 2.45) is 11.8 Å². The van der Waals surface area contributed by atoms with Gasteiger partial charge in [-0.3, -0.25) is 38.5 Å². The minimum absolute atomic E-state index is 0.0549. The summed E-state index contributed by atoms with van der Waals surface area (Å²) in [6.45, 7) is 11.7. The average molecular weight is 999 g/mol. The second-order valence-electron chi connectivity index (χ2n) is 17.2. The Kier molecular flexibility index (Phi) is 23.5. The maximum atomic E-state index is 14.4. The number of nitrogens with zero attached hydrogens (tertiary/aromatic N) is 1. The van der Waals surface area contributed by atoms with Gasteiger partial charge in [-0.2, -0.15) is 0 Å². The molecule has 2 aromatic rings. The second kappa shape index (κ2) is 28.1. The molecule has 3 rings (SSSR count). The number of rotatable bonds is 27. The van der Waals surface area contributed by atoms with Crippen LogP contribution in [0.3, 0.4) is 0 Å². The molecule has 0 radical (unpaired) electrons. The lowest BCUT2D eigenvalue weighted by Crippen LogP contribution is -2.60. The van der Waals surface area contributed by atoms with E-state index in [1.54, 1.807) is 0 Å². The summed E-state index contributed by atoms with van der Waals surface area (Å²) >= 11 is 1.95. The standard InChI is InChI=1S/C48H67IN6O9/c1-7-8-23-50-41(56)21-22-43(58)64-48(6,32-49)44(59)38(28-33(2)3)52-47(62)40(30-36-17-13-10-14-18-36)54-46(61)39(29-34(4)5)53-45(60)37(20-19-35-15-11-9-12-16-35)51-42(57)31-55-24-26-63-27-25-55/h1,9-18,33-34,37-40H,8,19-32H2,2-6H3,(H,50,56)(H,51,57)(H,52,62)(H,53,60)(H,54,61)/t37-,38-,39?,40-,48+/m0/s1. The molecule has 0 aliphatic carbocycles. The Balaban J connectivity index is 1.84. The molecular weight excluding hydrogens is 931 g/mol. The van der Waals surface area contributed by atoms with Crippen LogP contribution in [0.4, 0.5) is 0 Å². The topological polar surface area (TPSA) is 201 Å². The molecule has 16 heteroatoms. The van der Waals surface area contributed by atoms with E-state index in [1.165, 1.54) is 6.92 Å². The summed E-state index contributed by atoms with van der Waals surface area (Å²) in [5.74, 6) is -1.48. The van der Waals surface area contributed by atoms with Crippen molar-refractivity contribution >= 4 is 63.9 Å². The van der Waals surface area contributed by atoms with Crippen LogP contribution in [0, 0.1) is 24.2 Å². The van der Waals surface area contributed by atoms with Gasteiger partial charge in [-0.05, 0) is 55.6 Å². The molecule has 64 heavy (non-hydrogen) atoms. The number of benzene rings is 2. The van der Waals surface area contributed by atoms with Gasteiger partial charge < -0.3 is 36.1 Å². The van der Waals surface area contributed by atoms with Crippen molar-refractivity contribution in [3.05, 3.63) is 71.8 Å². The third kappa shape index (κ3) is 19.5. The average Bonchev–Trinajstić information content (AvgIpc) is 3.26. The van der Waals surface area contributed by atoms with Gasteiger partial charge in [-0.1, -0.05) is 111 Å². The Morgan fingerprint density at radius 3 is 1.89 bits per heavy atom. The van der Waals surface area contributed by atoms with Crippen LogP contribution in [-0.4, -0.2) is 120 Å². The number of esters is 1. The highest BCUT2D eigenvalue weighted by molar-refractivity contribution is 14.1. The highest BCUT2D eigenvalue weighted by Crippen LogP contribution is 2.22. The molecule has 1 fully saturated rings. The van der Waals surface area contributed by atoms with E-state index in [0.29, 0.717) is 39.1 Å². The van der Waals surface area contributed by atoms with Gasteiger partial charge in [0.15, 0.2) is 11.4 Å². The quantitative estimate of drug-likeness (QED) is 0.0291. The van der Waals surface area contributed by atoms with Crippen LogP contribution in [0.15, 0.2) is 60.7 Å². The molecule has 5 N–H and O–H groups in total. The molecule has 15 nitrogen and oxygen atoms in total. The van der Waals surface area contributed by atoms with Crippen molar-refractivity contribution in [2.75, 3.05) is 43.8 Å². The lowest BCUT2D eigenvalue weighted by molar-refractivity contribution is -0.164. The molecule has 1 aliphatic heterocycles. The molecule has 5 atom stereocenters. The largest absolute Gasteiger partial charge is 0.450 e. The number of amides is 5. The molecule has 1 saturated heterocycles. The minimum atomic E-state index is -1.65. The normalized spacial score (nSPS) is 15.6. The number of terminal acetylenes is 1. The third-order valence-corrected chi connectivity index (χ3v) is 12.0. The van der Waals surface area contributed by atoms with E-state index in [9.17, 15) is 33.6 Å². The Hall–Kier alpha value is -4.86. The molecule has 1 aliphatic rings. The second-order valence-corrected chi connectivity index (χ2v) is 17.9. The fourth-order valence-electron chi connectivity index (χ4n) is 7.10. The van der Waals surface area contributed by atoms with E-state index in [4.69, 9.17) is 15.9 Å². The zero-order chi connectivity index (χ0) is 47.1. The lowest BCUT2D eigenvalue weighted by Gasteiger charge is -2.32. The van der Waals surface area contributed by atoms with Gasteiger partial charge in [0, 0.05) is 43.3 Å². The van der Waals surface area contributed by atoms with Crippen LogP contribution < -0.4 is 26.6 Å². The number of hydrogen-bond donors (Lipinski definition) is 5. The monoisotopic (exact) mass is 998 g/mol. The Labute approximate surface area is 392 Å². The molecule has 0 bridgehead atoms. The number of alkyl halides is 1. The zero-order valence-electron chi connectivity index (χ0n) is 37.9. The number of halogens is 1. The summed E-state index contributed by atoms with van der Waals surface area (Å²) in [6, 6.07) is 14.3. The number of carbonyl (C=O) groups is 7. The molecule has 5 amide bonds. The number of Topliss-reactive ketones (excluding diaryl/α,β-unsaturated/α-hetero) is 1. The zero-order valence-corrected chi connectivity index (χ0v) is 40.1. The van der Waals surface area contributed by atoms with Crippen LogP contribution in [-0.2, 0) is 55.9 Å². The number of carbonyl (C=O) groups excluding carboxylic acids is 7. The number of morpholine rings is 1. The summed E-state index contributed by atoms with van der Waals surface area (Å²) < 4.78 is 11.2. The Morgan fingerprint density at radius 2 is 1.30 bits per heavy atom. The van der Waals surface area contributed by atoms with E-state index >= 15 is 0 Å². The fourth-order valence-corrected chi connectivity index (χ4v) is 7.63. The molecule has 2 aromatic carbocycles.